The van der Waals surface area contributed by atoms with Crippen molar-refractivity contribution in [3.05, 3.63) is 83.0 Å². The Balaban J connectivity index is 1.36. The van der Waals surface area contributed by atoms with Crippen LogP contribution in [0.25, 0.3) is 11.3 Å². The Morgan fingerprint density at radius 1 is 1.02 bits per heavy atom. The molecule has 1 aromatic heterocycles. The van der Waals surface area contributed by atoms with Crippen LogP contribution in [0.4, 0.5) is 5.69 Å². The number of benzene rings is 2. The number of methoxy groups -OCH3 is 1. The third kappa shape index (κ3) is 7.47. The summed E-state index contributed by atoms with van der Waals surface area (Å²) in [7, 11) is 3.10. The van der Waals surface area contributed by atoms with E-state index in [2.05, 4.69) is 27.8 Å². The van der Waals surface area contributed by atoms with Crippen LogP contribution < -0.4 is 10.6 Å². The second-order valence-electron chi connectivity index (χ2n) is 9.98. The SMILES string of the molecule is CCNCCN(CC(=O)N(C)N1Cc2ccccc2C1)C(=O)CNc1ccc(-c2ccc(C(=O)OC)cn2)cc1C. The Bertz CT molecular complexity index is 1350. The number of anilines is 1. The molecular formula is C31H38N6O4. The topological polar surface area (TPSA) is 107 Å². The van der Waals surface area contributed by atoms with Gasteiger partial charge in [0.1, 0.15) is 6.54 Å². The Morgan fingerprint density at radius 2 is 1.76 bits per heavy atom. The number of fused-ring (bicyclic) bond motifs is 1. The van der Waals surface area contributed by atoms with Gasteiger partial charge in [0.25, 0.3) is 5.91 Å². The van der Waals surface area contributed by atoms with E-state index >= 15 is 0 Å². The number of aromatic nitrogens is 1. The maximum atomic E-state index is 13.3. The molecule has 2 aromatic carbocycles. The van der Waals surface area contributed by atoms with Crippen molar-refractivity contribution in [2.75, 3.05) is 52.2 Å². The minimum atomic E-state index is -0.432. The molecule has 0 unspecified atom stereocenters. The van der Waals surface area contributed by atoms with Crippen LogP contribution in [-0.4, -0.2) is 84.6 Å². The molecule has 0 saturated carbocycles. The van der Waals surface area contributed by atoms with Gasteiger partial charge in [-0.2, -0.15) is 0 Å². The summed E-state index contributed by atoms with van der Waals surface area (Å²) in [4.78, 5) is 44.2. The normalized spacial score (nSPS) is 12.5. The van der Waals surface area contributed by atoms with Gasteiger partial charge in [0.15, 0.2) is 0 Å². The standard InChI is InChI=1S/C31H38N6O4/c1-5-32-14-15-36(21-30(39)35(3)37-19-25-8-6-7-9-26(25)20-37)29(38)18-34-27-12-10-23(16-22(27)2)28-13-11-24(17-33-28)31(40)41-4/h6-13,16-17,32,34H,5,14-15,18-21H2,1-4H3. The predicted molar refractivity (Wildman–Crippen MR) is 158 cm³/mol. The van der Waals surface area contributed by atoms with E-state index in [1.807, 2.05) is 49.2 Å². The van der Waals surface area contributed by atoms with Gasteiger partial charge in [0.05, 0.1) is 24.9 Å². The Labute approximate surface area is 241 Å². The van der Waals surface area contributed by atoms with Gasteiger partial charge in [-0.05, 0) is 54.4 Å². The van der Waals surface area contributed by atoms with Crippen LogP contribution in [0.3, 0.4) is 0 Å². The van der Waals surface area contributed by atoms with Crippen molar-refractivity contribution in [3.8, 4) is 11.3 Å². The molecule has 0 radical (unpaired) electrons. The van der Waals surface area contributed by atoms with E-state index in [9.17, 15) is 14.4 Å². The van der Waals surface area contributed by atoms with Crippen LogP contribution >= 0.6 is 0 Å². The van der Waals surface area contributed by atoms with Gasteiger partial charge in [0, 0.05) is 50.7 Å². The van der Waals surface area contributed by atoms with Gasteiger partial charge in [-0.15, -0.1) is 0 Å². The molecule has 41 heavy (non-hydrogen) atoms. The number of pyridine rings is 1. The first-order chi connectivity index (χ1) is 19.8. The number of likely N-dealkylation sites (N-methyl/N-ethyl adjacent to an activating group) is 2. The minimum Gasteiger partial charge on any atom is -0.465 e. The molecule has 0 aliphatic carbocycles. The lowest BCUT2D eigenvalue weighted by Crippen LogP contribution is -2.49. The van der Waals surface area contributed by atoms with E-state index in [4.69, 9.17) is 4.74 Å². The van der Waals surface area contributed by atoms with Gasteiger partial charge in [0.2, 0.25) is 5.91 Å². The van der Waals surface area contributed by atoms with Gasteiger partial charge < -0.3 is 20.3 Å². The third-order valence-electron chi connectivity index (χ3n) is 7.23. The van der Waals surface area contributed by atoms with E-state index in [-0.39, 0.29) is 24.9 Å². The summed E-state index contributed by atoms with van der Waals surface area (Å²) in [6.45, 7) is 7.18. The molecule has 0 atom stereocenters. The molecule has 10 nitrogen and oxygen atoms in total. The predicted octanol–water partition coefficient (Wildman–Crippen LogP) is 3.08. The Morgan fingerprint density at radius 3 is 2.37 bits per heavy atom. The fourth-order valence-corrected chi connectivity index (χ4v) is 4.74. The van der Waals surface area contributed by atoms with Crippen molar-refractivity contribution >= 4 is 23.5 Å². The molecule has 4 rings (SSSR count). The molecule has 0 bridgehead atoms. The highest BCUT2D eigenvalue weighted by Gasteiger charge is 2.27. The molecule has 10 heteroatoms. The van der Waals surface area contributed by atoms with Crippen molar-refractivity contribution in [1.82, 2.24) is 25.2 Å². The molecule has 1 aliphatic rings. The second kappa shape index (κ2) is 13.9. The van der Waals surface area contributed by atoms with Crippen molar-refractivity contribution in [2.45, 2.75) is 26.9 Å². The Hall–Kier alpha value is -4.28. The summed E-state index contributed by atoms with van der Waals surface area (Å²) < 4.78 is 4.73. The number of ether oxygens (including phenoxy) is 1. The first-order valence-corrected chi connectivity index (χ1v) is 13.8. The lowest BCUT2D eigenvalue weighted by molar-refractivity contribution is -0.151. The molecule has 0 saturated heterocycles. The summed E-state index contributed by atoms with van der Waals surface area (Å²) in [5, 5.41) is 10.1. The summed E-state index contributed by atoms with van der Waals surface area (Å²) in [6, 6.07) is 17.4. The maximum Gasteiger partial charge on any atom is 0.339 e. The third-order valence-corrected chi connectivity index (χ3v) is 7.23. The zero-order valence-corrected chi connectivity index (χ0v) is 24.1. The van der Waals surface area contributed by atoms with Gasteiger partial charge >= 0.3 is 5.97 Å². The van der Waals surface area contributed by atoms with E-state index < -0.39 is 5.97 Å². The molecule has 3 aromatic rings. The number of amides is 2. The van der Waals surface area contributed by atoms with E-state index in [0.29, 0.717) is 31.7 Å². The molecule has 2 N–H and O–H groups in total. The number of nitrogens with one attached hydrogen (secondary N) is 2. The highest BCUT2D eigenvalue weighted by Crippen LogP contribution is 2.25. The average Bonchev–Trinajstić information content (AvgIpc) is 3.43. The number of rotatable bonds is 12. The molecule has 2 amide bonds. The first-order valence-electron chi connectivity index (χ1n) is 13.8. The van der Waals surface area contributed by atoms with Crippen LogP contribution in [0, 0.1) is 6.92 Å². The maximum absolute atomic E-state index is 13.3. The van der Waals surface area contributed by atoms with E-state index in [1.54, 1.807) is 29.1 Å². The van der Waals surface area contributed by atoms with Crippen LogP contribution in [0.1, 0.15) is 34.0 Å². The van der Waals surface area contributed by atoms with Crippen LogP contribution in [-0.2, 0) is 27.4 Å². The second-order valence-corrected chi connectivity index (χ2v) is 9.98. The van der Waals surface area contributed by atoms with Crippen LogP contribution in [0.5, 0.6) is 0 Å². The molecule has 0 spiro atoms. The molecular weight excluding hydrogens is 520 g/mol. The monoisotopic (exact) mass is 558 g/mol. The number of nitrogens with zero attached hydrogens (tertiary/aromatic N) is 4. The summed E-state index contributed by atoms with van der Waals surface area (Å²) in [5.41, 5.74) is 6.19. The van der Waals surface area contributed by atoms with Crippen LogP contribution in [0.2, 0.25) is 0 Å². The smallest absolute Gasteiger partial charge is 0.339 e. The number of carbonyl (C=O) groups excluding carboxylic acids is 3. The molecule has 2 heterocycles. The molecule has 1 aliphatic heterocycles. The van der Waals surface area contributed by atoms with Gasteiger partial charge in [-0.1, -0.05) is 37.3 Å². The van der Waals surface area contributed by atoms with E-state index in [0.717, 1.165) is 29.1 Å². The number of carbonyl (C=O) groups is 3. The summed E-state index contributed by atoms with van der Waals surface area (Å²) >= 11 is 0. The quantitative estimate of drug-likeness (QED) is 0.258. The summed E-state index contributed by atoms with van der Waals surface area (Å²) in [5.74, 6) is -0.717. The number of hydrogen-bond acceptors (Lipinski definition) is 8. The zero-order valence-electron chi connectivity index (χ0n) is 24.1. The number of esters is 1. The zero-order chi connectivity index (χ0) is 29.4. The molecule has 216 valence electrons. The summed E-state index contributed by atoms with van der Waals surface area (Å²) in [6.07, 6.45) is 1.49. The first kappa shape index (κ1) is 29.7. The van der Waals surface area contributed by atoms with E-state index in [1.165, 1.54) is 24.4 Å². The largest absolute Gasteiger partial charge is 0.465 e. The number of aryl methyl sites for hydroxylation is 1. The lowest BCUT2D eigenvalue weighted by atomic mass is 10.1. The van der Waals surface area contributed by atoms with Crippen LogP contribution in [0.15, 0.2) is 60.8 Å². The highest BCUT2D eigenvalue weighted by molar-refractivity contribution is 5.89. The van der Waals surface area contributed by atoms with Gasteiger partial charge in [-0.3, -0.25) is 19.6 Å². The van der Waals surface area contributed by atoms with Crippen molar-refractivity contribution < 1.29 is 19.1 Å². The molecule has 0 fully saturated rings. The number of hydrazine groups is 1. The fraction of sp³-hybridized carbons (Fsp3) is 0.355. The lowest BCUT2D eigenvalue weighted by Gasteiger charge is -2.31. The average molecular weight is 559 g/mol. The highest BCUT2D eigenvalue weighted by atomic mass is 16.5. The Kier molecular flexibility index (Phi) is 10.0. The number of hydrogen-bond donors (Lipinski definition) is 2. The minimum absolute atomic E-state index is 0.000408. The van der Waals surface area contributed by atoms with Crippen molar-refractivity contribution in [3.63, 3.8) is 0 Å². The fourth-order valence-electron chi connectivity index (χ4n) is 4.74. The van der Waals surface area contributed by atoms with Gasteiger partial charge in [-0.25, -0.2) is 9.80 Å². The van der Waals surface area contributed by atoms with Crippen molar-refractivity contribution in [2.24, 2.45) is 0 Å². The van der Waals surface area contributed by atoms with Crippen molar-refractivity contribution in [1.29, 1.82) is 0 Å².